The largest absolute Gasteiger partial charge is 0.326 e. The number of hydrogen-bond acceptors (Lipinski definition) is 5. The summed E-state index contributed by atoms with van der Waals surface area (Å²) in [6, 6.07) is 17.6. The second-order valence-corrected chi connectivity index (χ2v) is 11.3. The zero-order valence-electron chi connectivity index (χ0n) is 19.0. The molecule has 0 aliphatic carbocycles. The zero-order valence-corrected chi connectivity index (χ0v) is 22.2. The van der Waals surface area contributed by atoms with Crippen molar-refractivity contribution >= 4 is 66.7 Å². The first kappa shape index (κ1) is 26.0. The van der Waals surface area contributed by atoms with Gasteiger partial charge in [0.1, 0.15) is 6.04 Å². The van der Waals surface area contributed by atoms with Gasteiger partial charge >= 0.3 is 0 Å². The van der Waals surface area contributed by atoms with Gasteiger partial charge in [0, 0.05) is 28.7 Å². The van der Waals surface area contributed by atoms with E-state index < -0.39 is 27.9 Å². The predicted molar refractivity (Wildman–Crippen MR) is 140 cm³/mol. The minimum Gasteiger partial charge on any atom is -0.326 e. The van der Waals surface area contributed by atoms with Crippen molar-refractivity contribution < 1.29 is 22.8 Å². The fourth-order valence-corrected chi connectivity index (χ4v) is 5.93. The van der Waals surface area contributed by atoms with Crippen LogP contribution < -0.4 is 10.2 Å². The molecular weight excluding hydrogens is 570 g/mol. The van der Waals surface area contributed by atoms with Crippen LogP contribution in [0, 0.1) is 0 Å². The standard InChI is InChI=1S/C25H21BrClN3O5S/c1-16(31)28-19-8-12-21(13-9-19)36(34,35)29(15-17-4-2-3-5-22(17)27)23-14-24(32)30(25(23)33)20-10-6-18(26)7-11-20/h2-13,23H,14-15H2,1H3,(H,28,31). The summed E-state index contributed by atoms with van der Waals surface area (Å²) in [4.78, 5) is 38.6. The number of nitrogens with one attached hydrogen (secondary N) is 1. The fraction of sp³-hybridized carbons (Fsp3) is 0.160. The third-order valence-electron chi connectivity index (χ3n) is 5.62. The van der Waals surface area contributed by atoms with Gasteiger partial charge in [0.05, 0.1) is 17.0 Å². The number of halogens is 2. The summed E-state index contributed by atoms with van der Waals surface area (Å²) < 4.78 is 29.4. The molecule has 1 heterocycles. The molecular formula is C25H21BrClN3O5S. The van der Waals surface area contributed by atoms with Gasteiger partial charge in [-0.3, -0.25) is 14.4 Å². The highest BCUT2D eigenvalue weighted by atomic mass is 79.9. The lowest BCUT2D eigenvalue weighted by atomic mass is 10.2. The Balaban J connectivity index is 1.74. The van der Waals surface area contributed by atoms with Gasteiger partial charge in [-0.05, 0) is 60.2 Å². The number of imide groups is 1. The van der Waals surface area contributed by atoms with Gasteiger partial charge in [-0.15, -0.1) is 0 Å². The molecule has 1 aliphatic rings. The fourth-order valence-electron chi connectivity index (χ4n) is 3.91. The molecule has 1 atom stereocenters. The molecule has 1 unspecified atom stereocenters. The molecule has 186 valence electrons. The quantitative estimate of drug-likeness (QED) is 0.406. The number of hydrogen-bond donors (Lipinski definition) is 1. The molecule has 3 amide bonds. The number of carbonyl (C=O) groups is 3. The van der Waals surface area contributed by atoms with E-state index in [2.05, 4.69) is 21.2 Å². The molecule has 3 aromatic rings. The van der Waals surface area contributed by atoms with Gasteiger partial charge in [-0.25, -0.2) is 13.3 Å². The lowest BCUT2D eigenvalue weighted by Gasteiger charge is -2.27. The molecule has 1 fully saturated rings. The molecule has 0 bridgehead atoms. The summed E-state index contributed by atoms with van der Waals surface area (Å²) in [6.07, 6.45) is -0.317. The van der Waals surface area contributed by atoms with E-state index in [0.717, 1.165) is 13.7 Å². The molecule has 0 radical (unpaired) electrons. The molecule has 8 nitrogen and oxygen atoms in total. The van der Waals surface area contributed by atoms with Crippen molar-refractivity contribution in [2.75, 3.05) is 10.2 Å². The highest BCUT2D eigenvalue weighted by Crippen LogP contribution is 2.32. The van der Waals surface area contributed by atoms with Crippen LogP contribution in [0.4, 0.5) is 11.4 Å². The van der Waals surface area contributed by atoms with Crippen LogP contribution in [0.3, 0.4) is 0 Å². The number of carbonyl (C=O) groups excluding carboxylic acids is 3. The normalized spacial score (nSPS) is 16.0. The highest BCUT2D eigenvalue weighted by molar-refractivity contribution is 9.10. The van der Waals surface area contributed by atoms with E-state index in [9.17, 15) is 22.8 Å². The first-order chi connectivity index (χ1) is 17.1. The van der Waals surface area contributed by atoms with Crippen LogP contribution in [0.1, 0.15) is 18.9 Å². The van der Waals surface area contributed by atoms with Gasteiger partial charge in [0.15, 0.2) is 0 Å². The molecule has 36 heavy (non-hydrogen) atoms. The maximum absolute atomic E-state index is 13.8. The summed E-state index contributed by atoms with van der Waals surface area (Å²) in [5, 5.41) is 2.92. The lowest BCUT2D eigenvalue weighted by molar-refractivity contribution is -0.122. The monoisotopic (exact) mass is 589 g/mol. The Morgan fingerprint density at radius 3 is 2.31 bits per heavy atom. The van der Waals surface area contributed by atoms with Crippen molar-refractivity contribution in [1.82, 2.24) is 4.31 Å². The van der Waals surface area contributed by atoms with Crippen LogP contribution in [0.25, 0.3) is 0 Å². The number of amides is 3. The molecule has 4 rings (SSSR count). The van der Waals surface area contributed by atoms with Crippen LogP contribution in [-0.4, -0.2) is 36.5 Å². The van der Waals surface area contributed by atoms with Crippen molar-refractivity contribution in [1.29, 1.82) is 0 Å². The minimum atomic E-state index is -4.26. The molecule has 0 aromatic heterocycles. The molecule has 1 saturated heterocycles. The topological polar surface area (TPSA) is 104 Å². The van der Waals surface area contributed by atoms with E-state index in [4.69, 9.17) is 11.6 Å². The Labute approximate surface area is 222 Å². The number of sulfonamides is 1. The predicted octanol–water partition coefficient (Wildman–Crippen LogP) is 4.58. The first-order valence-electron chi connectivity index (χ1n) is 10.8. The Hall–Kier alpha value is -3.05. The van der Waals surface area contributed by atoms with E-state index in [1.54, 1.807) is 48.5 Å². The average Bonchev–Trinajstić information content (AvgIpc) is 3.12. The van der Waals surface area contributed by atoms with E-state index in [-0.39, 0.29) is 23.8 Å². The number of nitrogens with zero attached hydrogens (tertiary/aromatic N) is 2. The van der Waals surface area contributed by atoms with E-state index in [0.29, 0.717) is 22.0 Å². The van der Waals surface area contributed by atoms with Gasteiger partial charge in [-0.1, -0.05) is 45.7 Å². The van der Waals surface area contributed by atoms with Crippen LogP contribution in [0.5, 0.6) is 0 Å². The van der Waals surface area contributed by atoms with Gasteiger partial charge in [-0.2, -0.15) is 4.31 Å². The van der Waals surface area contributed by atoms with Crippen LogP contribution in [0.2, 0.25) is 5.02 Å². The smallest absolute Gasteiger partial charge is 0.252 e. The van der Waals surface area contributed by atoms with Gasteiger partial charge < -0.3 is 5.32 Å². The van der Waals surface area contributed by atoms with Crippen molar-refractivity contribution in [2.24, 2.45) is 0 Å². The van der Waals surface area contributed by atoms with Gasteiger partial charge in [0.2, 0.25) is 21.8 Å². The molecule has 0 saturated carbocycles. The highest BCUT2D eigenvalue weighted by Gasteiger charge is 2.47. The summed E-state index contributed by atoms with van der Waals surface area (Å²) >= 11 is 9.64. The second-order valence-electron chi connectivity index (χ2n) is 8.11. The molecule has 1 aliphatic heterocycles. The molecule has 11 heteroatoms. The summed E-state index contributed by atoms with van der Waals surface area (Å²) in [5.41, 5.74) is 1.26. The maximum Gasteiger partial charge on any atom is 0.252 e. The van der Waals surface area contributed by atoms with Crippen molar-refractivity contribution in [3.63, 3.8) is 0 Å². The third-order valence-corrected chi connectivity index (χ3v) is 8.39. The van der Waals surface area contributed by atoms with Crippen LogP contribution in [-0.2, 0) is 31.0 Å². The SMILES string of the molecule is CC(=O)Nc1ccc(S(=O)(=O)N(Cc2ccccc2Cl)C2CC(=O)N(c3ccc(Br)cc3)C2=O)cc1. The van der Waals surface area contributed by atoms with E-state index in [1.807, 2.05) is 0 Å². The Kier molecular flexibility index (Phi) is 7.60. The summed E-state index contributed by atoms with van der Waals surface area (Å²) in [7, 11) is -4.26. The van der Waals surface area contributed by atoms with E-state index >= 15 is 0 Å². The number of benzene rings is 3. The van der Waals surface area contributed by atoms with Gasteiger partial charge in [0.25, 0.3) is 5.91 Å². The van der Waals surface area contributed by atoms with Crippen molar-refractivity contribution in [2.45, 2.75) is 30.8 Å². The van der Waals surface area contributed by atoms with Crippen molar-refractivity contribution in [3.05, 3.63) is 87.9 Å². The lowest BCUT2D eigenvalue weighted by Crippen LogP contribution is -2.45. The molecule has 1 N–H and O–H groups in total. The summed E-state index contributed by atoms with van der Waals surface area (Å²) in [6.45, 7) is 1.13. The zero-order chi connectivity index (χ0) is 26.0. The Morgan fingerprint density at radius 2 is 1.69 bits per heavy atom. The second kappa shape index (κ2) is 10.5. The average molecular weight is 591 g/mol. The Morgan fingerprint density at radius 1 is 1.06 bits per heavy atom. The van der Waals surface area contributed by atoms with Crippen molar-refractivity contribution in [3.8, 4) is 0 Å². The number of rotatable bonds is 7. The number of anilines is 2. The van der Waals surface area contributed by atoms with Crippen LogP contribution in [0.15, 0.2) is 82.2 Å². The summed E-state index contributed by atoms with van der Waals surface area (Å²) in [5.74, 6) is -1.45. The molecule has 3 aromatic carbocycles. The van der Waals surface area contributed by atoms with Crippen LogP contribution >= 0.6 is 27.5 Å². The third kappa shape index (κ3) is 5.36. The van der Waals surface area contributed by atoms with E-state index in [1.165, 1.54) is 31.2 Å². The maximum atomic E-state index is 13.8. The minimum absolute atomic E-state index is 0.0917. The molecule has 0 spiro atoms. The Bertz CT molecular complexity index is 1430. The first-order valence-corrected chi connectivity index (χ1v) is 13.4.